The number of aromatic carboxylic acids is 1. The van der Waals surface area contributed by atoms with Crippen LogP contribution in [-0.2, 0) is 9.59 Å². The first-order chi connectivity index (χ1) is 15.2. The van der Waals surface area contributed by atoms with Gasteiger partial charge in [0.05, 0.1) is 16.7 Å². The largest absolute Gasteiger partial charge is 0.545 e. The van der Waals surface area contributed by atoms with E-state index in [1.165, 1.54) is 29.2 Å². The van der Waals surface area contributed by atoms with Crippen molar-refractivity contribution in [1.29, 1.82) is 0 Å². The van der Waals surface area contributed by atoms with Gasteiger partial charge in [0.2, 0.25) is 0 Å². The average molecular weight is 486 g/mol. The average Bonchev–Trinajstić information content (AvgIpc) is 3.21. The van der Waals surface area contributed by atoms with Gasteiger partial charge in [0, 0.05) is 16.1 Å². The molecule has 1 fully saturated rings. The molecule has 1 saturated heterocycles. The number of amides is 2. The summed E-state index contributed by atoms with van der Waals surface area (Å²) < 4.78 is 5.71. The zero-order chi connectivity index (χ0) is 23.0. The summed E-state index contributed by atoms with van der Waals surface area (Å²) in [5.41, 5.74) is 0.623. The van der Waals surface area contributed by atoms with E-state index in [9.17, 15) is 19.5 Å². The molecular weight excluding hydrogens is 475 g/mol. The van der Waals surface area contributed by atoms with Gasteiger partial charge in [0.15, 0.2) is 5.11 Å². The maximum Gasteiger partial charge on any atom is 0.270 e. The van der Waals surface area contributed by atoms with Crippen LogP contribution in [0.2, 0.25) is 10.0 Å². The van der Waals surface area contributed by atoms with Crippen LogP contribution in [0.3, 0.4) is 0 Å². The predicted molar refractivity (Wildman–Crippen MR) is 121 cm³/mol. The highest BCUT2D eigenvalue weighted by molar-refractivity contribution is 7.80. The number of nitrogens with zero attached hydrogens (tertiary/aromatic N) is 1. The van der Waals surface area contributed by atoms with Gasteiger partial charge in [-0.25, -0.2) is 0 Å². The van der Waals surface area contributed by atoms with Crippen LogP contribution < -0.4 is 15.3 Å². The number of thiocarbonyl (C=S) groups is 1. The molecule has 2 aromatic carbocycles. The van der Waals surface area contributed by atoms with Gasteiger partial charge in [0.1, 0.15) is 17.1 Å². The summed E-state index contributed by atoms with van der Waals surface area (Å²) in [5, 5.41) is 13.9. The summed E-state index contributed by atoms with van der Waals surface area (Å²) in [4.78, 5) is 37.6. The minimum atomic E-state index is -1.39. The summed E-state index contributed by atoms with van der Waals surface area (Å²) in [5.74, 6) is -2.10. The highest BCUT2D eigenvalue weighted by atomic mass is 35.5. The lowest BCUT2D eigenvalue weighted by Crippen LogP contribution is -2.54. The number of benzene rings is 2. The van der Waals surface area contributed by atoms with E-state index >= 15 is 0 Å². The summed E-state index contributed by atoms with van der Waals surface area (Å²) in [7, 11) is 0. The Kier molecular flexibility index (Phi) is 5.84. The lowest BCUT2D eigenvalue weighted by atomic mass is 10.1. The Morgan fingerprint density at radius 2 is 1.78 bits per heavy atom. The van der Waals surface area contributed by atoms with E-state index in [-0.39, 0.29) is 27.0 Å². The molecule has 1 N–H and O–H groups in total. The molecule has 2 heterocycles. The van der Waals surface area contributed by atoms with E-state index in [2.05, 4.69) is 5.32 Å². The second-order valence-corrected chi connectivity index (χ2v) is 7.85. The van der Waals surface area contributed by atoms with Crippen LogP contribution >= 0.6 is 35.4 Å². The molecule has 0 atom stereocenters. The van der Waals surface area contributed by atoms with E-state index in [1.54, 1.807) is 36.4 Å². The molecule has 10 heteroatoms. The number of hydrogen-bond donors (Lipinski definition) is 1. The first-order valence-corrected chi connectivity index (χ1v) is 10.2. The Morgan fingerprint density at radius 1 is 1.06 bits per heavy atom. The molecule has 0 aliphatic carbocycles. The maximum absolute atomic E-state index is 13.0. The van der Waals surface area contributed by atoms with Gasteiger partial charge in [-0.1, -0.05) is 35.3 Å². The van der Waals surface area contributed by atoms with Gasteiger partial charge in [-0.15, -0.1) is 0 Å². The van der Waals surface area contributed by atoms with E-state index in [1.807, 2.05) is 0 Å². The minimum absolute atomic E-state index is 0.00670. The quantitative estimate of drug-likeness (QED) is 0.344. The van der Waals surface area contributed by atoms with Gasteiger partial charge in [0.25, 0.3) is 11.8 Å². The Labute approximate surface area is 196 Å². The number of carboxylic acid groups (broad SMARTS) is 1. The SMILES string of the molecule is O=C1NC(=S)N(c2ccc(Cl)cc2)C(=O)/C1=C\c1ccc(-c2ccc(C(=O)[O-])c(Cl)c2)o1. The van der Waals surface area contributed by atoms with Crippen molar-refractivity contribution >= 4 is 70.1 Å². The molecule has 1 aromatic heterocycles. The van der Waals surface area contributed by atoms with Crippen molar-refractivity contribution in [2.24, 2.45) is 0 Å². The van der Waals surface area contributed by atoms with Gasteiger partial charge >= 0.3 is 0 Å². The first-order valence-electron chi connectivity index (χ1n) is 9.03. The number of rotatable bonds is 4. The number of carboxylic acids is 1. The van der Waals surface area contributed by atoms with Crippen molar-refractivity contribution in [2.75, 3.05) is 4.90 Å². The lowest BCUT2D eigenvalue weighted by Gasteiger charge is -2.28. The molecule has 0 unspecified atom stereocenters. The van der Waals surface area contributed by atoms with Crippen LogP contribution in [0.25, 0.3) is 17.4 Å². The van der Waals surface area contributed by atoms with Crippen molar-refractivity contribution < 1.29 is 23.9 Å². The predicted octanol–water partition coefficient (Wildman–Crippen LogP) is 3.45. The summed E-state index contributed by atoms with van der Waals surface area (Å²) in [6.07, 6.45) is 1.29. The summed E-state index contributed by atoms with van der Waals surface area (Å²) in [6, 6.07) is 13.8. The van der Waals surface area contributed by atoms with Gasteiger partial charge in [-0.2, -0.15) is 0 Å². The Hall–Kier alpha value is -3.46. The second kappa shape index (κ2) is 8.58. The second-order valence-electron chi connectivity index (χ2n) is 6.62. The van der Waals surface area contributed by atoms with Crippen molar-refractivity contribution in [3.05, 3.63) is 81.5 Å². The fourth-order valence-corrected chi connectivity index (χ4v) is 3.71. The molecule has 0 saturated carbocycles. The molecule has 32 heavy (non-hydrogen) atoms. The monoisotopic (exact) mass is 485 g/mol. The van der Waals surface area contributed by atoms with Gasteiger partial charge in [-0.05, 0) is 60.8 Å². The van der Waals surface area contributed by atoms with E-state index in [0.29, 0.717) is 22.0 Å². The third-order valence-corrected chi connectivity index (χ3v) is 5.42. The number of nitrogens with one attached hydrogen (secondary N) is 1. The lowest BCUT2D eigenvalue weighted by molar-refractivity contribution is -0.255. The molecule has 0 bridgehead atoms. The van der Waals surface area contributed by atoms with E-state index in [4.69, 9.17) is 39.8 Å². The fourth-order valence-electron chi connectivity index (χ4n) is 3.04. The Morgan fingerprint density at radius 3 is 2.44 bits per heavy atom. The molecule has 2 amide bonds. The van der Waals surface area contributed by atoms with Crippen LogP contribution in [-0.4, -0.2) is 22.9 Å². The number of anilines is 1. The molecule has 7 nitrogen and oxygen atoms in total. The molecule has 1 aliphatic heterocycles. The normalized spacial score (nSPS) is 15.2. The summed E-state index contributed by atoms with van der Waals surface area (Å²) in [6.45, 7) is 0. The van der Waals surface area contributed by atoms with Crippen LogP contribution in [0.5, 0.6) is 0 Å². The molecule has 1 aliphatic rings. The minimum Gasteiger partial charge on any atom is -0.545 e. The van der Waals surface area contributed by atoms with Crippen LogP contribution in [0.15, 0.2) is 64.6 Å². The topological polar surface area (TPSA) is 103 Å². The number of carbonyl (C=O) groups is 3. The fraction of sp³-hybridized carbons (Fsp3) is 0. The Bertz CT molecular complexity index is 1310. The van der Waals surface area contributed by atoms with Crippen molar-refractivity contribution in [1.82, 2.24) is 5.32 Å². The summed E-state index contributed by atoms with van der Waals surface area (Å²) >= 11 is 17.0. The zero-order valence-corrected chi connectivity index (χ0v) is 18.3. The highest BCUT2D eigenvalue weighted by Crippen LogP contribution is 2.29. The molecule has 0 spiro atoms. The third-order valence-electron chi connectivity index (χ3n) is 4.57. The van der Waals surface area contributed by atoms with Crippen molar-refractivity contribution in [3.8, 4) is 11.3 Å². The highest BCUT2D eigenvalue weighted by Gasteiger charge is 2.34. The van der Waals surface area contributed by atoms with E-state index < -0.39 is 17.8 Å². The van der Waals surface area contributed by atoms with Crippen molar-refractivity contribution in [3.63, 3.8) is 0 Å². The molecular formula is C22H11Cl2N2O5S-. The molecule has 3 aromatic rings. The number of carbonyl (C=O) groups excluding carboxylic acids is 3. The number of hydrogen-bond acceptors (Lipinski definition) is 6. The third kappa shape index (κ3) is 4.16. The molecule has 160 valence electrons. The van der Waals surface area contributed by atoms with Crippen LogP contribution in [0, 0.1) is 0 Å². The molecule has 4 rings (SSSR count). The number of halogens is 2. The Balaban J connectivity index is 1.65. The molecule has 0 radical (unpaired) electrons. The zero-order valence-electron chi connectivity index (χ0n) is 15.9. The smallest absolute Gasteiger partial charge is 0.270 e. The standard InChI is InChI=1S/C22H12Cl2N2O5S/c23-12-2-4-13(5-3-12)26-20(28)16(19(27)25-22(26)32)10-14-6-8-18(31-14)11-1-7-15(21(29)30)17(24)9-11/h1-10H,(H,29,30)(H,25,27,32)/p-1/b16-10-. The van der Waals surface area contributed by atoms with Crippen LogP contribution in [0.1, 0.15) is 16.1 Å². The number of furan rings is 1. The van der Waals surface area contributed by atoms with Gasteiger partial charge in [-0.3, -0.25) is 19.8 Å². The van der Waals surface area contributed by atoms with Crippen LogP contribution in [0.4, 0.5) is 5.69 Å². The van der Waals surface area contributed by atoms with E-state index in [0.717, 1.165) is 0 Å². The van der Waals surface area contributed by atoms with Gasteiger partial charge < -0.3 is 14.3 Å². The maximum atomic E-state index is 13.0. The first kappa shape index (κ1) is 21.8. The van der Waals surface area contributed by atoms with Crippen molar-refractivity contribution in [2.45, 2.75) is 0 Å².